The summed E-state index contributed by atoms with van der Waals surface area (Å²) in [4.78, 5) is 34.6. The topological polar surface area (TPSA) is 93.7 Å². The molecule has 2 N–H and O–H groups in total. The number of hydrogen-bond acceptors (Lipinski definition) is 5. The molecule has 26 heavy (non-hydrogen) atoms. The minimum atomic E-state index is -0.494. The third-order valence-electron chi connectivity index (χ3n) is 3.36. The van der Waals surface area contributed by atoms with E-state index in [1.165, 1.54) is 6.92 Å². The minimum Gasteiger partial charge on any atom is -0.497 e. The fourth-order valence-corrected chi connectivity index (χ4v) is 2.14. The lowest BCUT2D eigenvalue weighted by Gasteiger charge is -2.08. The molecule has 0 fully saturated rings. The van der Waals surface area contributed by atoms with Crippen molar-refractivity contribution in [2.45, 2.75) is 13.3 Å². The number of hydrogen-bond donors (Lipinski definition) is 2. The third kappa shape index (κ3) is 6.27. The molecule has 0 unspecified atom stereocenters. The largest absolute Gasteiger partial charge is 0.497 e. The molecule has 0 heterocycles. The maximum Gasteiger partial charge on any atom is 0.310 e. The number of carbonyl (C=O) groups is 3. The Hall–Kier alpha value is -3.35. The number of benzene rings is 2. The summed E-state index contributed by atoms with van der Waals surface area (Å²) in [6.07, 6.45) is 0.0721. The highest BCUT2D eigenvalue weighted by molar-refractivity contribution is 5.93. The standard InChI is InChI=1S/C19H20N2O5/c1-13(22)20-15-5-7-16(8-6-15)21-18(23)12-26-19(24)11-14-3-9-17(25-2)10-4-14/h3-10H,11-12H2,1-2H3,(H,20,22)(H,21,23). The molecule has 0 aliphatic heterocycles. The van der Waals surface area contributed by atoms with Crippen molar-refractivity contribution >= 4 is 29.2 Å². The Balaban J connectivity index is 1.76. The van der Waals surface area contributed by atoms with Crippen molar-refractivity contribution in [3.8, 4) is 5.75 Å². The monoisotopic (exact) mass is 356 g/mol. The number of rotatable bonds is 7. The van der Waals surface area contributed by atoms with Gasteiger partial charge in [-0.15, -0.1) is 0 Å². The van der Waals surface area contributed by atoms with Gasteiger partial charge >= 0.3 is 5.97 Å². The molecule has 136 valence electrons. The first-order valence-electron chi connectivity index (χ1n) is 7.92. The highest BCUT2D eigenvalue weighted by atomic mass is 16.5. The van der Waals surface area contributed by atoms with Gasteiger partial charge < -0.3 is 20.1 Å². The van der Waals surface area contributed by atoms with Crippen molar-refractivity contribution in [1.29, 1.82) is 0 Å². The summed E-state index contributed by atoms with van der Waals surface area (Å²) in [6, 6.07) is 13.6. The normalized spacial score (nSPS) is 9.92. The van der Waals surface area contributed by atoms with Crippen LogP contribution in [-0.2, 0) is 25.5 Å². The van der Waals surface area contributed by atoms with Crippen LogP contribution in [0.5, 0.6) is 5.75 Å². The molecular formula is C19H20N2O5. The molecule has 0 saturated heterocycles. The average Bonchev–Trinajstić information content (AvgIpc) is 2.62. The second-order valence-electron chi connectivity index (χ2n) is 5.49. The van der Waals surface area contributed by atoms with Gasteiger partial charge in [-0.05, 0) is 42.0 Å². The van der Waals surface area contributed by atoms with Crippen LogP contribution in [0.15, 0.2) is 48.5 Å². The predicted octanol–water partition coefficient (Wildman–Crippen LogP) is 2.38. The Labute approximate surface area is 151 Å². The summed E-state index contributed by atoms with van der Waals surface area (Å²) in [5.74, 6) is -0.414. The Morgan fingerprint density at radius 1 is 0.885 bits per heavy atom. The molecule has 0 aromatic heterocycles. The van der Waals surface area contributed by atoms with E-state index in [9.17, 15) is 14.4 Å². The van der Waals surface area contributed by atoms with Crippen LogP contribution in [0.4, 0.5) is 11.4 Å². The lowest BCUT2D eigenvalue weighted by Crippen LogP contribution is -2.21. The molecule has 0 aliphatic carbocycles. The summed E-state index contributed by atoms with van der Waals surface area (Å²) < 4.78 is 10.0. The van der Waals surface area contributed by atoms with E-state index in [-0.39, 0.29) is 18.9 Å². The summed E-state index contributed by atoms with van der Waals surface area (Å²) in [6.45, 7) is 1.04. The van der Waals surface area contributed by atoms with Gasteiger partial charge in [0.15, 0.2) is 6.61 Å². The first-order valence-corrected chi connectivity index (χ1v) is 7.92. The van der Waals surface area contributed by atoms with Gasteiger partial charge in [0.2, 0.25) is 5.91 Å². The maximum absolute atomic E-state index is 11.8. The molecule has 2 rings (SSSR count). The first kappa shape index (κ1) is 19.0. The van der Waals surface area contributed by atoms with E-state index in [0.717, 1.165) is 5.56 Å². The second-order valence-corrected chi connectivity index (χ2v) is 5.49. The maximum atomic E-state index is 11.8. The van der Waals surface area contributed by atoms with E-state index in [4.69, 9.17) is 9.47 Å². The van der Waals surface area contributed by atoms with Gasteiger partial charge in [-0.3, -0.25) is 14.4 Å². The van der Waals surface area contributed by atoms with Crippen molar-refractivity contribution < 1.29 is 23.9 Å². The van der Waals surface area contributed by atoms with Gasteiger partial charge in [0, 0.05) is 18.3 Å². The number of methoxy groups -OCH3 is 1. The quantitative estimate of drug-likeness (QED) is 0.743. The Morgan fingerprint density at radius 3 is 2.00 bits per heavy atom. The molecule has 2 aromatic carbocycles. The van der Waals surface area contributed by atoms with Gasteiger partial charge in [0.1, 0.15) is 5.75 Å². The van der Waals surface area contributed by atoms with Crippen LogP contribution in [0.25, 0.3) is 0 Å². The third-order valence-corrected chi connectivity index (χ3v) is 3.36. The zero-order chi connectivity index (χ0) is 18.9. The molecule has 0 aliphatic rings. The molecule has 0 radical (unpaired) electrons. The van der Waals surface area contributed by atoms with E-state index >= 15 is 0 Å². The molecule has 0 atom stereocenters. The van der Waals surface area contributed by atoms with Crippen LogP contribution in [-0.4, -0.2) is 31.5 Å². The van der Waals surface area contributed by atoms with Crippen molar-refractivity contribution in [2.75, 3.05) is 24.4 Å². The van der Waals surface area contributed by atoms with Crippen molar-refractivity contribution in [1.82, 2.24) is 0 Å². The zero-order valence-electron chi connectivity index (χ0n) is 14.6. The molecule has 7 heteroatoms. The summed E-state index contributed by atoms with van der Waals surface area (Å²) in [7, 11) is 1.56. The molecule has 7 nitrogen and oxygen atoms in total. The molecular weight excluding hydrogens is 336 g/mol. The predicted molar refractivity (Wildman–Crippen MR) is 97.0 cm³/mol. The van der Waals surface area contributed by atoms with Crippen LogP contribution in [0, 0.1) is 0 Å². The van der Waals surface area contributed by atoms with Crippen LogP contribution in [0.3, 0.4) is 0 Å². The van der Waals surface area contributed by atoms with Crippen LogP contribution in [0.2, 0.25) is 0 Å². The van der Waals surface area contributed by atoms with Crippen molar-refractivity contribution in [2.24, 2.45) is 0 Å². The van der Waals surface area contributed by atoms with Crippen molar-refractivity contribution in [3.05, 3.63) is 54.1 Å². The SMILES string of the molecule is COc1ccc(CC(=O)OCC(=O)Nc2ccc(NC(C)=O)cc2)cc1. The highest BCUT2D eigenvalue weighted by Gasteiger charge is 2.09. The lowest BCUT2D eigenvalue weighted by atomic mass is 10.1. The molecule has 2 amide bonds. The zero-order valence-corrected chi connectivity index (χ0v) is 14.6. The Morgan fingerprint density at radius 2 is 1.46 bits per heavy atom. The fraction of sp³-hybridized carbons (Fsp3) is 0.211. The van der Waals surface area contributed by atoms with Gasteiger partial charge in [0.05, 0.1) is 13.5 Å². The van der Waals surface area contributed by atoms with E-state index in [0.29, 0.717) is 17.1 Å². The average molecular weight is 356 g/mol. The van der Waals surface area contributed by atoms with E-state index in [1.807, 2.05) is 0 Å². The summed E-state index contributed by atoms with van der Waals surface area (Å²) in [5.41, 5.74) is 1.93. The van der Waals surface area contributed by atoms with Crippen LogP contribution >= 0.6 is 0 Å². The lowest BCUT2D eigenvalue weighted by molar-refractivity contribution is -0.146. The molecule has 2 aromatic rings. The van der Waals surface area contributed by atoms with Gasteiger partial charge in [-0.1, -0.05) is 12.1 Å². The molecule has 0 saturated carbocycles. The number of carbonyl (C=O) groups excluding carboxylic acids is 3. The molecule has 0 spiro atoms. The number of anilines is 2. The van der Waals surface area contributed by atoms with Gasteiger partial charge in [-0.25, -0.2) is 0 Å². The first-order chi connectivity index (χ1) is 12.5. The summed E-state index contributed by atoms with van der Waals surface area (Å²) in [5, 5.41) is 5.24. The van der Waals surface area contributed by atoms with E-state index < -0.39 is 11.9 Å². The van der Waals surface area contributed by atoms with Crippen LogP contribution in [0.1, 0.15) is 12.5 Å². The molecule has 0 bridgehead atoms. The smallest absolute Gasteiger partial charge is 0.310 e. The van der Waals surface area contributed by atoms with E-state index in [1.54, 1.807) is 55.6 Å². The summed E-state index contributed by atoms with van der Waals surface area (Å²) >= 11 is 0. The number of ether oxygens (including phenoxy) is 2. The fourth-order valence-electron chi connectivity index (χ4n) is 2.14. The minimum absolute atomic E-state index is 0.0721. The number of amides is 2. The Kier molecular flexibility index (Phi) is 6.73. The van der Waals surface area contributed by atoms with Gasteiger partial charge in [-0.2, -0.15) is 0 Å². The number of esters is 1. The van der Waals surface area contributed by atoms with Gasteiger partial charge in [0.25, 0.3) is 5.91 Å². The highest BCUT2D eigenvalue weighted by Crippen LogP contribution is 2.14. The second kappa shape index (κ2) is 9.22. The van der Waals surface area contributed by atoms with Crippen molar-refractivity contribution in [3.63, 3.8) is 0 Å². The van der Waals surface area contributed by atoms with E-state index in [2.05, 4.69) is 10.6 Å². The van der Waals surface area contributed by atoms with Crippen LogP contribution < -0.4 is 15.4 Å². The number of nitrogens with one attached hydrogen (secondary N) is 2. The Bertz CT molecular complexity index is 770.